The van der Waals surface area contributed by atoms with E-state index in [0.29, 0.717) is 22.6 Å². The highest BCUT2D eigenvalue weighted by Gasteiger charge is 2.11. The summed E-state index contributed by atoms with van der Waals surface area (Å²) in [5.74, 6) is 0.0847. The van der Waals surface area contributed by atoms with E-state index in [1.165, 1.54) is 6.21 Å². The molecule has 0 heterocycles. The molecule has 0 saturated heterocycles. The van der Waals surface area contributed by atoms with Crippen LogP contribution in [0.2, 0.25) is 0 Å². The topological polar surface area (TPSA) is 77.0 Å². The normalized spacial score (nSPS) is 10.7. The lowest BCUT2D eigenvalue weighted by Crippen LogP contribution is -2.24. The second kappa shape index (κ2) is 10.5. The summed E-state index contributed by atoms with van der Waals surface area (Å²) in [6, 6.07) is 19.6. The van der Waals surface area contributed by atoms with Crippen LogP contribution in [-0.2, 0) is 4.79 Å². The molecular formula is C24H21BrN2O4. The van der Waals surface area contributed by atoms with Crippen LogP contribution < -0.4 is 14.9 Å². The number of amides is 1. The van der Waals surface area contributed by atoms with Crippen molar-refractivity contribution in [2.45, 2.75) is 13.8 Å². The van der Waals surface area contributed by atoms with E-state index in [1.54, 1.807) is 42.5 Å². The van der Waals surface area contributed by atoms with E-state index in [9.17, 15) is 9.59 Å². The fourth-order valence-electron chi connectivity index (χ4n) is 2.66. The van der Waals surface area contributed by atoms with Crippen LogP contribution in [0.25, 0.3) is 0 Å². The van der Waals surface area contributed by atoms with E-state index in [0.717, 1.165) is 15.6 Å². The zero-order valence-electron chi connectivity index (χ0n) is 17.1. The molecule has 0 aliphatic carbocycles. The summed E-state index contributed by atoms with van der Waals surface area (Å²) in [5, 5.41) is 3.96. The van der Waals surface area contributed by atoms with Gasteiger partial charge in [0.05, 0.1) is 11.8 Å². The third-order valence-corrected chi connectivity index (χ3v) is 4.77. The monoisotopic (exact) mass is 480 g/mol. The van der Waals surface area contributed by atoms with Crippen molar-refractivity contribution >= 4 is 34.0 Å². The number of benzene rings is 3. The van der Waals surface area contributed by atoms with Crippen molar-refractivity contribution in [2.24, 2.45) is 5.10 Å². The molecule has 0 aliphatic rings. The first kappa shape index (κ1) is 22.2. The number of nitrogens with zero attached hydrogens (tertiary/aromatic N) is 1. The first-order chi connectivity index (χ1) is 14.9. The highest BCUT2D eigenvalue weighted by molar-refractivity contribution is 9.10. The standard InChI is InChI=1S/C24H21BrN2O4/c1-16-8-9-17(2)22(12-16)30-15-23(28)27-26-14-19-13-20(25)10-11-21(19)31-24(29)18-6-4-3-5-7-18/h3-14H,15H2,1-2H3,(H,27,28). The van der Waals surface area contributed by atoms with Crippen LogP contribution in [0.4, 0.5) is 0 Å². The van der Waals surface area contributed by atoms with Gasteiger partial charge in [-0.2, -0.15) is 5.10 Å². The van der Waals surface area contributed by atoms with E-state index in [-0.39, 0.29) is 6.61 Å². The van der Waals surface area contributed by atoms with Crippen LogP contribution in [0.5, 0.6) is 11.5 Å². The molecule has 7 heteroatoms. The van der Waals surface area contributed by atoms with Crippen LogP contribution in [0.3, 0.4) is 0 Å². The van der Waals surface area contributed by atoms with Gasteiger partial charge in [-0.15, -0.1) is 0 Å². The number of halogens is 1. The predicted octanol–water partition coefficient (Wildman–Crippen LogP) is 4.81. The van der Waals surface area contributed by atoms with Gasteiger partial charge in [-0.3, -0.25) is 4.79 Å². The molecule has 0 bridgehead atoms. The highest BCUT2D eigenvalue weighted by atomic mass is 79.9. The van der Waals surface area contributed by atoms with Crippen LogP contribution in [0.15, 0.2) is 76.3 Å². The van der Waals surface area contributed by atoms with Gasteiger partial charge in [0, 0.05) is 10.0 Å². The zero-order chi connectivity index (χ0) is 22.2. The lowest BCUT2D eigenvalue weighted by atomic mass is 10.1. The van der Waals surface area contributed by atoms with Gasteiger partial charge in [-0.25, -0.2) is 10.2 Å². The maximum atomic E-state index is 12.3. The number of hydrogen-bond donors (Lipinski definition) is 1. The molecule has 0 aliphatic heterocycles. The van der Waals surface area contributed by atoms with Crippen LogP contribution in [0, 0.1) is 13.8 Å². The van der Waals surface area contributed by atoms with Crippen LogP contribution in [-0.4, -0.2) is 24.7 Å². The molecule has 3 aromatic rings. The Morgan fingerprint density at radius 3 is 2.55 bits per heavy atom. The van der Waals surface area contributed by atoms with Gasteiger partial charge in [0.15, 0.2) is 6.61 Å². The van der Waals surface area contributed by atoms with Gasteiger partial charge in [0.25, 0.3) is 5.91 Å². The molecule has 3 aromatic carbocycles. The lowest BCUT2D eigenvalue weighted by molar-refractivity contribution is -0.123. The summed E-state index contributed by atoms with van der Waals surface area (Å²) in [7, 11) is 0. The molecular weight excluding hydrogens is 460 g/mol. The SMILES string of the molecule is Cc1ccc(C)c(OCC(=O)NN=Cc2cc(Br)ccc2OC(=O)c2ccccc2)c1. The molecule has 0 fully saturated rings. The molecule has 0 atom stereocenters. The van der Waals surface area contributed by atoms with E-state index in [4.69, 9.17) is 9.47 Å². The van der Waals surface area contributed by atoms with Crippen molar-refractivity contribution in [3.63, 3.8) is 0 Å². The van der Waals surface area contributed by atoms with Crippen molar-refractivity contribution < 1.29 is 19.1 Å². The summed E-state index contributed by atoms with van der Waals surface area (Å²) < 4.78 is 11.8. The van der Waals surface area contributed by atoms with Crippen molar-refractivity contribution in [2.75, 3.05) is 6.61 Å². The largest absolute Gasteiger partial charge is 0.483 e. The third-order valence-electron chi connectivity index (χ3n) is 4.28. The van der Waals surface area contributed by atoms with E-state index < -0.39 is 11.9 Å². The number of carbonyl (C=O) groups excluding carboxylic acids is 2. The first-order valence-corrected chi connectivity index (χ1v) is 10.3. The van der Waals surface area contributed by atoms with Gasteiger partial charge >= 0.3 is 5.97 Å². The van der Waals surface area contributed by atoms with Gasteiger partial charge in [0.1, 0.15) is 11.5 Å². The van der Waals surface area contributed by atoms with Crippen molar-refractivity contribution in [1.29, 1.82) is 0 Å². The Labute approximate surface area is 189 Å². The number of ether oxygens (including phenoxy) is 2. The van der Waals surface area contributed by atoms with Crippen molar-refractivity contribution in [3.8, 4) is 11.5 Å². The molecule has 0 saturated carbocycles. The smallest absolute Gasteiger partial charge is 0.343 e. The van der Waals surface area contributed by atoms with Crippen molar-refractivity contribution in [3.05, 3.63) is 93.5 Å². The summed E-state index contributed by atoms with van der Waals surface area (Å²) in [4.78, 5) is 24.4. The lowest BCUT2D eigenvalue weighted by Gasteiger charge is -2.09. The molecule has 1 amide bonds. The molecule has 6 nitrogen and oxygen atoms in total. The molecule has 3 rings (SSSR count). The molecule has 1 N–H and O–H groups in total. The van der Waals surface area contributed by atoms with Crippen molar-refractivity contribution in [1.82, 2.24) is 5.43 Å². The first-order valence-electron chi connectivity index (χ1n) is 9.51. The summed E-state index contributed by atoms with van der Waals surface area (Å²) >= 11 is 3.38. The van der Waals surface area contributed by atoms with Gasteiger partial charge in [0.2, 0.25) is 0 Å². The highest BCUT2D eigenvalue weighted by Crippen LogP contribution is 2.23. The maximum absolute atomic E-state index is 12.3. The Hall–Kier alpha value is -3.45. The average Bonchev–Trinajstić information content (AvgIpc) is 2.76. The number of aryl methyl sites for hydroxylation is 2. The minimum atomic E-state index is -0.483. The Kier molecular flexibility index (Phi) is 7.56. The number of carbonyl (C=O) groups is 2. The fourth-order valence-corrected chi connectivity index (χ4v) is 3.04. The van der Waals surface area contributed by atoms with E-state index >= 15 is 0 Å². The third kappa shape index (κ3) is 6.52. The molecule has 0 unspecified atom stereocenters. The molecule has 0 aromatic heterocycles. The average molecular weight is 481 g/mol. The maximum Gasteiger partial charge on any atom is 0.343 e. The van der Waals surface area contributed by atoms with Gasteiger partial charge < -0.3 is 9.47 Å². The number of hydrogen-bond acceptors (Lipinski definition) is 5. The van der Waals surface area contributed by atoms with Gasteiger partial charge in [-0.05, 0) is 61.4 Å². The number of hydrazone groups is 1. The number of nitrogens with one attached hydrogen (secondary N) is 1. The van der Waals surface area contributed by atoms with Crippen LogP contribution >= 0.6 is 15.9 Å². The number of rotatable bonds is 7. The summed E-state index contributed by atoms with van der Waals surface area (Å²) in [6.07, 6.45) is 1.41. The molecule has 158 valence electrons. The Morgan fingerprint density at radius 1 is 1.00 bits per heavy atom. The Bertz CT molecular complexity index is 1110. The quantitative estimate of drug-likeness (QED) is 0.227. The molecule has 31 heavy (non-hydrogen) atoms. The van der Waals surface area contributed by atoms with Crippen LogP contribution in [0.1, 0.15) is 27.0 Å². The Morgan fingerprint density at radius 2 is 1.77 bits per heavy atom. The Balaban J connectivity index is 1.62. The van der Waals surface area contributed by atoms with E-state index in [1.807, 2.05) is 38.1 Å². The second-order valence-corrected chi connectivity index (χ2v) is 7.70. The van der Waals surface area contributed by atoms with Gasteiger partial charge in [-0.1, -0.05) is 46.3 Å². The predicted molar refractivity (Wildman–Crippen MR) is 123 cm³/mol. The minimum Gasteiger partial charge on any atom is -0.483 e. The molecule has 0 spiro atoms. The molecule has 0 radical (unpaired) electrons. The fraction of sp³-hybridized carbons (Fsp3) is 0.125. The zero-order valence-corrected chi connectivity index (χ0v) is 18.7. The number of esters is 1. The summed E-state index contributed by atoms with van der Waals surface area (Å²) in [6.45, 7) is 3.70. The second-order valence-electron chi connectivity index (χ2n) is 6.79. The minimum absolute atomic E-state index is 0.171. The van der Waals surface area contributed by atoms with E-state index in [2.05, 4.69) is 26.5 Å². The summed E-state index contributed by atoms with van der Waals surface area (Å²) in [5.41, 5.74) is 5.37.